The fourth-order valence-electron chi connectivity index (χ4n) is 1.67. The van der Waals surface area contributed by atoms with Crippen LogP contribution >= 0.6 is 0 Å². The molecule has 2 heteroatoms. The van der Waals surface area contributed by atoms with Gasteiger partial charge in [-0.3, -0.25) is 4.79 Å². The van der Waals surface area contributed by atoms with Crippen LogP contribution in [-0.2, 0) is 4.79 Å². The molecule has 1 aromatic rings. The summed E-state index contributed by atoms with van der Waals surface area (Å²) in [5.74, 6) is -0.290. The summed E-state index contributed by atoms with van der Waals surface area (Å²) < 4.78 is 0. The lowest BCUT2D eigenvalue weighted by Crippen LogP contribution is -2.35. The van der Waals surface area contributed by atoms with Crippen molar-refractivity contribution in [1.82, 2.24) is 0 Å². The van der Waals surface area contributed by atoms with E-state index in [0.29, 0.717) is 6.42 Å². The van der Waals surface area contributed by atoms with Gasteiger partial charge in [0.05, 0.1) is 0 Å². The average Bonchev–Trinajstić information content (AvgIpc) is 2.38. The lowest BCUT2D eigenvalue weighted by atomic mass is 9.90. The third-order valence-corrected chi connectivity index (χ3v) is 2.70. The van der Waals surface area contributed by atoms with E-state index in [9.17, 15) is 9.90 Å². The zero-order chi connectivity index (χ0) is 12.1. The SMILES string of the molecule is O=C(C=Cc1ccccc1)C1(O)C=CC=CC1. The maximum absolute atomic E-state index is 11.9. The summed E-state index contributed by atoms with van der Waals surface area (Å²) in [4.78, 5) is 11.9. The maximum atomic E-state index is 11.9. The second-order valence-corrected chi connectivity index (χ2v) is 4.02. The number of aliphatic hydroxyl groups is 1. The maximum Gasteiger partial charge on any atom is 0.191 e. The zero-order valence-corrected chi connectivity index (χ0v) is 9.41. The summed E-state index contributed by atoms with van der Waals surface area (Å²) in [6.07, 6.45) is 10.3. The number of hydrogen-bond acceptors (Lipinski definition) is 2. The van der Waals surface area contributed by atoms with Crippen LogP contribution in [0.2, 0.25) is 0 Å². The van der Waals surface area contributed by atoms with Crippen LogP contribution in [0.1, 0.15) is 12.0 Å². The van der Waals surface area contributed by atoms with Crippen LogP contribution in [0.3, 0.4) is 0 Å². The van der Waals surface area contributed by atoms with E-state index in [0.717, 1.165) is 5.56 Å². The molecule has 0 aliphatic heterocycles. The molecule has 0 saturated carbocycles. The van der Waals surface area contributed by atoms with Crippen molar-refractivity contribution in [3.8, 4) is 0 Å². The summed E-state index contributed by atoms with van der Waals surface area (Å²) in [5.41, 5.74) is -0.431. The normalized spacial score (nSPS) is 23.1. The van der Waals surface area contributed by atoms with Crippen molar-refractivity contribution < 1.29 is 9.90 Å². The Morgan fingerprint density at radius 3 is 2.65 bits per heavy atom. The second kappa shape index (κ2) is 4.93. The van der Waals surface area contributed by atoms with Crippen molar-refractivity contribution >= 4 is 11.9 Å². The van der Waals surface area contributed by atoms with E-state index in [2.05, 4.69) is 0 Å². The van der Waals surface area contributed by atoms with Crippen LogP contribution in [0.15, 0.2) is 60.7 Å². The molecule has 17 heavy (non-hydrogen) atoms. The van der Waals surface area contributed by atoms with Crippen LogP contribution in [0.4, 0.5) is 0 Å². The van der Waals surface area contributed by atoms with Crippen molar-refractivity contribution in [2.24, 2.45) is 0 Å². The van der Waals surface area contributed by atoms with E-state index >= 15 is 0 Å². The molecule has 1 aliphatic carbocycles. The van der Waals surface area contributed by atoms with E-state index in [-0.39, 0.29) is 5.78 Å². The minimum atomic E-state index is -1.37. The zero-order valence-electron chi connectivity index (χ0n) is 9.41. The van der Waals surface area contributed by atoms with Gasteiger partial charge in [0, 0.05) is 6.42 Å². The summed E-state index contributed by atoms with van der Waals surface area (Å²) in [7, 11) is 0. The summed E-state index contributed by atoms with van der Waals surface area (Å²) in [6.45, 7) is 0. The first kappa shape index (κ1) is 11.6. The molecule has 0 spiro atoms. The highest BCUT2D eigenvalue weighted by Crippen LogP contribution is 2.19. The van der Waals surface area contributed by atoms with Gasteiger partial charge in [-0.2, -0.15) is 0 Å². The van der Waals surface area contributed by atoms with Gasteiger partial charge in [-0.05, 0) is 17.7 Å². The number of rotatable bonds is 3. The number of benzene rings is 1. The Morgan fingerprint density at radius 2 is 2.00 bits per heavy atom. The largest absolute Gasteiger partial charge is 0.377 e. The minimum Gasteiger partial charge on any atom is -0.377 e. The molecular formula is C15H14O2. The van der Waals surface area contributed by atoms with Gasteiger partial charge in [0.25, 0.3) is 0 Å². The molecule has 0 heterocycles. The first-order chi connectivity index (χ1) is 8.21. The first-order valence-electron chi connectivity index (χ1n) is 5.55. The van der Waals surface area contributed by atoms with Gasteiger partial charge in [0.15, 0.2) is 5.78 Å². The molecule has 1 atom stereocenters. The van der Waals surface area contributed by atoms with Gasteiger partial charge in [0.2, 0.25) is 0 Å². The van der Waals surface area contributed by atoms with Gasteiger partial charge >= 0.3 is 0 Å². The molecule has 0 radical (unpaired) electrons. The Hall–Kier alpha value is -1.93. The van der Waals surface area contributed by atoms with Crippen molar-refractivity contribution in [3.05, 3.63) is 66.3 Å². The Bertz CT molecular complexity index is 483. The fourth-order valence-corrected chi connectivity index (χ4v) is 1.67. The molecule has 2 nitrogen and oxygen atoms in total. The highest BCUT2D eigenvalue weighted by molar-refractivity contribution is 6.01. The average molecular weight is 226 g/mol. The highest BCUT2D eigenvalue weighted by Gasteiger charge is 2.30. The molecule has 1 unspecified atom stereocenters. The Labute approximate surface area is 101 Å². The highest BCUT2D eigenvalue weighted by atomic mass is 16.3. The van der Waals surface area contributed by atoms with E-state index < -0.39 is 5.60 Å². The summed E-state index contributed by atoms with van der Waals surface area (Å²) >= 11 is 0. The topological polar surface area (TPSA) is 37.3 Å². The monoisotopic (exact) mass is 226 g/mol. The number of allylic oxidation sites excluding steroid dienone is 2. The smallest absolute Gasteiger partial charge is 0.191 e. The van der Waals surface area contributed by atoms with E-state index in [4.69, 9.17) is 0 Å². The van der Waals surface area contributed by atoms with E-state index in [1.165, 1.54) is 12.2 Å². The number of ketones is 1. The molecule has 0 amide bonds. The first-order valence-corrected chi connectivity index (χ1v) is 5.55. The second-order valence-electron chi connectivity index (χ2n) is 4.02. The number of carbonyl (C=O) groups is 1. The van der Waals surface area contributed by atoms with Crippen LogP contribution in [0.25, 0.3) is 6.08 Å². The molecule has 1 aliphatic rings. The Morgan fingerprint density at radius 1 is 1.24 bits per heavy atom. The number of carbonyl (C=O) groups excluding carboxylic acids is 1. The molecule has 1 aromatic carbocycles. The Kier molecular flexibility index (Phi) is 3.35. The van der Waals surface area contributed by atoms with Crippen LogP contribution in [0.5, 0.6) is 0 Å². The van der Waals surface area contributed by atoms with Crippen LogP contribution in [-0.4, -0.2) is 16.5 Å². The molecule has 2 rings (SSSR count). The quantitative estimate of drug-likeness (QED) is 0.804. The van der Waals surface area contributed by atoms with Gasteiger partial charge in [0.1, 0.15) is 5.60 Å². The van der Waals surface area contributed by atoms with Crippen molar-refractivity contribution in [1.29, 1.82) is 0 Å². The molecule has 0 aromatic heterocycles. The van der Waals surface area contributed by atoms with Crippen LogP contribution in [0, 0.1) is 0 Å². The number of hydrogen-bond donors (Lipinski definition) is 1. The van der Waals surface area contributed by atoms with Crippen molar-refractivity contribution in [3.63, 3.8) is 0 Å². The Balaban J connectivity index is 2.10. The van der Waals surface area contributed by atoms with Crippen molar-refractivity contribution in [2.75, 3.05) is 0 Å². The molecule has 0 fully saturated rings. The molecule has 86 valence electrons. The van der Waals surface area contributed by atoms with Crippen LogP contribution < -0.4 is 0 Å². The van der Waals surface area contributed by atoms with Gasteiger partial charge < -0.3 is 5.11 Å². The molecule has 0 bridgehead atoms. The standard InChI is InChI=1S/C15H14O2/c16-14(15(17)11-5-2-6-12-15)10-9-13-7-3-1-4-8-13/h1-11,17H,12H2. The van der Waals surface area contributed by atoms with Gasteiger partial charge in [-0.15, -0.1) is 0 Å². The summed E-state index contributed by atoms with van der Waals surface area (Å²) in [5, 5.41) is 10.1. The van der Waals surface area contributed by atoms with Crippen molar-refractivity contribution in [2.45, 2.75) is 12.0 Å². The minimum absolute atomic E-state index is 0.290. The lowest BCUT2D eigenvalue weighted by Gasteiger charge is -2.21. The van der Waals surface area contributed by atoms with E-state index in [1.54, 1.807) is 18.2 Å². The molecule has 0 saturated heterocycles. The van der Waals surface area contributed by atoms with E-state index in [1.807, 2.05) is 36.4 Å². The molecule has 1 N–H and O–H groups in total. The fraction of sp³-hybridized carbons (Fsp3) is 0.133. The summed E-state index contributed by atoms with van der Waals surface area (Å²) in [6, 6.07) is 9.54. The predicted molar refractivity (Wildman–Crippen MR) is 68.3 cm³/mol. The predicted octanol–water partition coefficient (Wildman–Crippen LogP) is 2.52. The third kappa shape index (κ3) is 2.80. The van der Waals surface area contributed by atoms with Gasteiger partial charge in [-0.25, -0.2) is 0 Å². The third-order valence-electron chi connectivity index (χ3n) is 2.70. The van der Waals surface area contributed by atoms with Gasteiger partial charge in [-0.1, -0.05) is 54.6 Å². The molecular weight excluding hydrogens is 212 g/mol. The lowest BCUT2D eigenvalue weighted by molar-refractivity contribution is -0.127.